The number of likely N-dealkylation sites (N-methyl/N-ethyl adjacent to an activating group) is 1. The molecule has 0 saturated heterocycles. The summed E-state index contributed by atoms with van der Waals surface area (Å²) in [6, 6.07) is 18.8. The second-order valence-electron chi connectivity index (χ2n) is 8.67. The van der Waals surface area contributed by atoms with E-state index in [-0.39, 0.29) is 42.2 Å². The van der Waals surface area contributed by atoms with Crippen LogP contribution in [0.5, 0.6) is 11.5 Å². The maximum atomic E-state index is 13.2. The number of carbonyl (C=O) groups excluding carboxylic acids is 4. The Morgan fingerprint density at radius 2 is 1.62 bits per heavy atom. The number of nitrogens with zero attached hydrogens (tertiary/aromatic N) is 2. The van der Waals surface area contributed by atoms with Crippen molar-refractivity contribution in [2.75, 3.05) is 31.6 Å². The van der Waals surface area contributed by atoms with E-state index in [9.17, 15) is 19.2 Å². The van der Waals surface area contributed by atoms with Crippen molar-refractivity contribution >= 4 is 29.3 Å². The summed E-state index contributed by atoms with van der Waals surface area (Å²) in [7, 11) is 0. The third kappa shape index (κ3) is 4.88. The Kier molecular flexibility index (Phi) is 6.59. The summed E-state index contributed by atoms with van der Waals surface area (Å²) in [5.41, 5.74) is 2.03. The number of hydrogen-bond acceptors (Lipinski definition) is 6. The molecule has 2 aliphatic rings. The number of rotatable bonds is 7. The number of anilines is 1. The van der Waals surface area contributed by atoms with Gasteiger partial charge in [0.2, 0.25) is 5.91 Å². The van der Waals surface area contributed by atoms with Crippen molar-refractivity contribution in [3.8, 4) is 11.5 Å². The molecule has 2 aliphatic heterocycles. The first-order valence-corrected chi connectivity index (χ1v) is 12.0. The maximum absolute atomic E-state index is 13.2. The topological polar surface area (TPSA) is 105 Å². The van der Waals surface area contributed by atoms with Gasteiger partial charge >= 0.3 is 0 Å². The van der Waals surface area contributed by atoms with Crippen LogP contribution < -0.4 is 14.8 Å². The maximum Gasteiger partial charge on any atom is 0.261 e. The zero-order valence-corrected chi connectivity index (χ0v) is 20.2. The summed E-state index contributed by atoms with van der Waals surface area (Å²) in [6.45, 7) is 2.91. The van der Waals surface area contributed by atoms with E-state index in [4.69, 9.17) is 9.47 Å². The molecule has 4 amide bonds. The SMILES string of the molecule is CCN(CC(=O)Nc1ccc2c(c1)OCCO2)C(=O)c1ccc2c(c1)C(=O)N(Cc1ccccc1)C2=O. The smallest absolute Gasteiger partial charge is 0.261 e. The molecule has 0 spiro atoms. The molecule has 3 aromatic carbocycles. The minimum atomic E-state index is -0.446. The van der Waals surface area contributed by atoms with Gasteiger partial charge in [-0.15, -0.1) is 0 Å². The van der Waals surface area contributed by atoms with E-state index in [0.29, 0.717) is 30.4 Å². The Morgan fingerprint density at radius 3 is 2.38 bits per heavy atom. The van der Waals surface area contributed by atoms with Gasteiger partial charge in [0.05, 0.1) is 17.7 Å². The fourth-order valence-corrected chi connectivity index (χ4v) is 4.34. The first-order chi connectivity index (χ1) is 17.9. The summed E-state index contributed by atoms with van der Waals surface area (Å²) >= 11 is 0. The van der Waals surface area contributed by atoms with Crippen molar-refractivity contribution in [1.82, 2.24) is 9.80 Å². The highest BCUT2D eigenvalue weighted by Crippen LogP contribution is 2.32. The second kappa shape index (κ2) is 10.1. The van der Waals surface area contributed by atoms with Crippen LogP contribution >= 0.6 is 0 Å². The molecule has 3 aromatic rings. The van der Waals surface area contributed by atoms with Gasteiger partial charge in [-0.2, -0.15) is 0 Å². The fraction of sp³-hybridized carbons (Fsp3) is 0.214. The van der Waals surface area contributed by atoms with E-state index in [2.05, 4.69) is 5.32 Å². The van der Waals surface area contributed by atoms with E-state index in [1.807, 2.05) is 30.3 Å². The predicted octanol–water partition coefficient (Wildman–Crippen LogP) is 3.35. The van der Waals surface area contributed by atoms with E-state index in [0.717, 1.165) is 5.56 Å². The van der Waals surface area contributed by atoms with Gasteiger partial charge in [-0.3, -0.25) is 24.1 Å². The number of imide groups is 1. The average Bonchev–Trinajstić information content (AvgIpc) is 3.16. The molecular formula is C28H25N3O6. The van der Waals surface area contributed by atoms with Crippen molar-refractivity contribution in [3.05, 3.63) is 89.0 Å². The standard InChI is InChI=1S/C28H25N3O6/c1-2-30(17-25(32)29-20-9-11-23-24(15-20)37-13-12-36-23)26(33)19-8-10-21-22(14-19)28(35)31(27(21)34)16-18-6-4-3-5-7-18/h3-11,14-15H,2,12-13,16-17H2,1H3,(H,29,32). The molecule has 9 nitrogen and oxygen atoms in total. The third-order valence-electron chi connectivity index (χ3n) is 6.23. The summed E-state index contributed by atoms with van der Waals surface area (Å²) in [5.74, 6) is -0.475. The van der Waals surface area contributed by atoms with Gasteiger partial charge in [0.25, 0.3) is 17.7 Å². The second-order valence-corrected chi connectivity index (χ2v) is 8.67. The van der Waals surface area contributed by atoms with Crippen LogP contribution in [0, 0.1) is 0 Å². The average molecular weight is 500 g/mol. The molecule has 188 valence electrons. The van der Waals surface area contributed by atoms with Gasteiger partial charge in [-0.1, -0.05) is 30.3 Å². The molecule has 2 heterocycles. The lowest BCUT2D eigenvalue weighted by atomic mass is 10.0. The number of carbonyl (C=O) groups is 4. The minimum absolute atomic E-state index is 0.150. The minimum Gasteiger partial charge on any atom is -0.486 e. The van der Waals surface area contributed by atoms with E-state index in [1.54, 1.807) is 25.1 Å². The molecule has 0 radical (unpaired) electrons. The highest BCUT2D eigenvalue weighted by molar-refractivity contribution is 6.22. The van der Waals surface area contributed by atoms with Crippen molar-refractivity contribution in [3.63, 3.8) is 0 Å². The fourth-order valence-electron chi connectivity index (χ4n) is 4.34. The van der Waals surface area contributed by atoms with Crippen LogP contribution in [0.2, 0.25) is 0 Å². The molecule has 1 N–H and O–H groups in total. The molecule has 5 rings (SSSR count). The molecule has 0 aliphatic carbocycles. The Bertz CT molecular complexity index is 1390. The van der Waals surface area contributed by atoms with Crippen LogP contribution in [0.4, 0.5) is 5.69 Å². The number of amides is 4. The Balaban J connectivity index is 1.27. The first kappa shape index (κ1) is 24.1. The third-order valence-corrected chi connectivity index (χ3v) is 6.23. The van der Waals surface area contributed by atoms with Gasteiger partial charge < -0.3 is 19.7 Å². The van der Waals surface area contributed by atoms with Gasteiger partial charge in [0.15, 0.2) is 11.5 Å². The van der Waals surface area contributed by atoms with E-state index < -0.39 is 17.7 Å². The molecular weight excluding hydrogens is 474 g/mol. The van der Waals surface area contributed by atoms with Crippen molar-refractivity contribution < 1.29 is 28.7 Å². The largest absolute Gasteiger partial charge is 0.486 e. The number of nitrogens with one attached hydrogen (secondary N) is 1. The molecule has 0 fully saturated rings. The lowest BCUT2D eigenvalue weighted by Crippen LogP contribution is -2.38. The van der Waals surface area contributed by atoms with Crippen molar-refractivity contribution in [2.24, 2.45) is 0 Å². The van der Waals surface area contributed by atoms with Crippen LogP contribution in [-0.4, -0.2) is 59.7 Å². The summed E-state index contributed by atoms with van der Waals surface area (Å²) in [5, 5.41) is 2.77. The Hall–Kier alpha value is -4.66. The zero-order chi connectivity index (χ0) is 25.9. The van der Waals surface area contributed by atoms with Crippen LogP contribution in [0.15, 0.2) is 66.7 Å². The van der Waals surface area contributed by atoms with Crippen LogP contribution in [0.3, 0.4) is 0 Å². The molecule has 0 atom stereocenters. The molecule has 0 saturated carbocycles. The highest BCUT2D eigenvalue weighted by atomic mass is 16.6. The Labute approximate surface area is 213 Å². The van der Waals surface area contributed by atoms with Crippen molar-refractivity contribution in [1.29, 1.82) is 0 Å². The number of benzene rings is 3. The molecule has 9 heteroatoms. The van der Waals surface area contributed by atoms with Gasteiger partial charge in [-0.25, -0.2) is 0 Å². The zero-order valence-electron chi connectivity index (χ0n) is 20.2. The quantitative estimate of drug-likeness (QED) is 0.500. The molecule has 0 unspecified atom stereocenters. The normalized spacial score (nSPS) is 13.8. The summed E-state index contributed by atoms with van der Waals surface area (Å²) < 4.78 is 11.0. The predicted molar refractivity (Wildman–Crippen MR) is 135 cm³/mol. The van der Waals surface area contributed by atoms with Crippen LogP contribution in [0.1, 0.15) is 43.6 Å². The molecule has 37 heavy (non-hydrogen) atoms. The van der Waals surface area contributed by atoms with Gasteiger partial charge in [0, 0.05) is 23.9 Å². The van der Waals surface area contributed by atoms with Crippen LogP contribution in [-0.2, 0) is 11.3 Å². The lowest BCUT2D eigenvalue weighted by molar-refractivity contribution is -0.116. The van der Waals surface area contributed by atoms with Gasteiger partial charge in [-0.05, 0) is 42.8 Å². The van der Waals surface area contributed by atoms with E-state index >= 15 is 0 Å². The number of ether oxygens (including phenoxy) is 2. The van der Waals surface area contributed by atoms with Crippen LogP contribution in [0.25, 0.3) is 0 Å². The number of hydrogen-bond donors (Lipinski definition) is 1. The van der Waals surface area contributed by atoms with E-state index in [1.165, 1.54) is 28.0 Å². The first-order valence-electron chi connectivity index (χ1n) is 12.0. The molecule has 0 bridgehead atoms. The molecule has 0 aromatic heterocycles. The van der Waals surface area contributed by atoms with Gasteiger partial charge in [0.1, 0.15) is 19.8 Å². The Morgan fingerprint density at radius 1 is 0.892 bits per heavy atom. The number of fused-ring (bicyclic) bond motifs is 2. The van der Waals surface area contributed by atoms with Crippen molar-refractivity contribution in [2.45, 2.75) is 13.5 Å². The summed E-state index contributed by atoms with van der Waals surface area (Å²) in [6.07, 6.45) is 0. The highest BCUT2D eigenvalue weighted by Gasteiger charge is 2.36. The monoisotopic (exact) mass is 499 g/mol. The summed E-state index contributed by atoms with van der Waals surface area (Å²) in [4.78, 5) is 54.3. The lowest BCUT2D eigenvalue weighted by Gasteiger charge is -2.21.